The van der Waals surface area contributed by atoms with Gasteiger partial charge in [-0.05, 0) is 36.1 Å². The van der Waals surface area contributed by atoms with E-state index in [2.05, 4.69) is 34.4 Å². The van der Waals surface area contributed by atoms with Crippen molar-refractivity contribution in [1.29, 1.82) is 0 Å². The molecule has 1 saturated carbocycles. The Morgan fingerprint density at radius 3 is 2.86 bits per heavy atom. The number of para-hydroxylation sites is 1. The van der Waals surface area contributed by atoms with E-state index in [1.807, 2.05) is 24.4 Å². The van der Waals surface area contributed by atoms with Gasteiger partial charge >= 0.3 is 0 Å². The third-order valence-electron chi connectivity index (χ3n) is 3.75. The van der Waals surface area contributed by atoms with Crippen LogP contribution in [0.5, 0.6) is 0 Å². The molecular formula is C17H20ClN3. The van der Waals surface area contributed by atoms with Gasteiger partial charge < -0.3 is 10.2 Å². The van der Waals surface area contributed by atoms with Gasteiger partial charge in [-0.25, -0.2) is 0 Å². The molecular weight excluding hydrogens is 282 g/mol. The zero-order valence-corrected chi connectivity index (χ0v) is 13.0. The topological polar surface area (TPSA) is 28.2 Å². The number of halogens is 1. The molecule has 2 aromatic rings. The maximum absolute atomic E-state index is 6.44. The van der Waals surface area contributed by atoms with Gasteiger partial charge in [0.1, 0.15) is 0 Å². The third-order valence-corrected chi connectivity index (χ3v) is 4.06. The molecule has 1 aliphatic carbocycles. The highest BCUT2D eigenvalue weighted by molar-refractivity contribution is 6.33. The maximum atomic E-state index is 6.44. The molecule has 1 heterocycles. The highest BCUT2D eigenvalue weighted by atomic mass is 35.5. The average Bonchev–Trinajstić information content (AvgIpc) is 3.30. The lowest BCUT2D eigenvalue weighted by atomic mass is 10.1. The molecule has 1 N–H and O–H groups in total. The van der Waals surface area contributed by atoms with Crippen molar-refractivity contribution in [3.05, 3.63) is 58.9 Å². The fraction of sp³-hybridized carbons (Fsp3) is 0.353. The predicted molar refractivity (Wildman–Crippen MR) is 87.7 cm³/mol. The minimum atomic E-state index is 0.695. The number of nitrogens with one attached hydrogen (secondary N) is 1. The van der Waals surface area contributed by atoms with Crippen LogP contribution in [0, 0.1) is 0 Å². The van der Waals surface area contributed by atoms with Crippen LogP contribution in [-0.4, -0.2) is 18.1 Å². The molecule has 21 heavy (non-hydrogen) atoms. The number of rotatable bonds is 6. The monoisotopic (exact) mass is 301 g/mol. The van der Waals surface area contributed by atoms with Crippen molar-refractivity contribution in [2.24, 2.45) is 0 Å². The summed E-state index contributed by atoms with van der Waals surface area (Å²) in [5.74, 6) is 0. The maximum Gasteiger partial charge on any atom is 0.0642 e. The molecule has 4 heteroatoms. The van der Waals surface area contributed by atoms with Crippen molar-refractivity contribution < 1.29 is 0 Å². The zero-order valence-electron chi connectivity index (χ0n) is 12.2. The van der Waals surface area contributed by atoms with Gasteiger partial charge in [0.15, 0.2) is 0 Å². The molecule has 1 aromatic carbocycles. The van der Waals surface area contributed by atoms with Crippen LogP contribution in [0.3, 0.4) is 0 Å². The number of hydrogen-bond acceptors (Lipinski definition) is 3. The standard InChI is InChI=1S/C17H20ClN3/c1-21(12-13-4-3-9-19-10-13)17-14(5-2-6-16(17)18)11-20-15-7-8-15/h2-6,9-10,15,20H,7-8,11-12H2,1H3. The van der Waals surface area contributed by atoms with E-state index in [1.165, 1.54) is 24.0 Å². The van der Waals surface area contributed by atoms with E-state index in [4.69, 9.17) is 11.6 Å². The Kier molecular flexibility index (Phi) is 4.42. The number of anilines is 1. The number of hydrogen-bond donors (Lipinski definition) is 1. The quantitative estimate of drug-likeness (QED) is 0.883. The van der Waals surface area contributed by atoms with Gasteiger partial charge in [-0.1, -0.05) is 29.8 Å². The van der Waals surface area contributed by atoms with Crippen LogP contribution >= 0.6 is 11.6 Å². The first-order chi connectivity index (χ1) is 10.2. The summed E-state index contributed by atoms with van der Waals surface area (Å²) in [4.78, 5) is 6.37. The van der Waals surface area contributed by atoms with Gasteiger partial charge in [-0.15, -0.1) is 0 Å². The molecule has 3 rings (SSSR count). The Hall–Kier alpha value is -1.58. The summed E-state index contributed by atoms with van der Waals surface area (Å²) in [6.07, 6.45) is 6.28. The molecule has 0 bridgehead atoms. The van der Waals surface area contributed by atoms with Crippen LogP contribution in [0.2, 0.25) is 5.02 Å². The van der Waals surface area contributed by atoms with Crippen molar-refractivity contribution in [2.45, 2.75) is 32.0 Å². The van der Waals surface area contributed by atoms with Crippen molar-refractivity contribution in [2.75, 3.05) is 11.9 Å². The molecule has 110 valence electrons. The SMILES string of the molecule is CN(Cc1cccnc1)c1c(Cl)cccc1CNC1CC1. The van der Waals surface area contributed by atoms with Crippen LogP contribution in [0.4, 0.5) is 5.69 Å². The van der Waals surface area contributed by atoms with Crippen LogP contribution in [0.1, 0.15) is 24.0 Å². The van der Waals surface area contributed by atoms with E-state index in [0.717, 1.165) is 23.8 Å². The largest absolute Gasteiger partial charge is 0.369 e. The number of nitrogens with zero attached hydrogens (tertiary/aromatic N) is 2. The molecule has 0 aliphatic heterocycles. The van der Waals surface area contributed by atoms with E-state index in [1.54, 1.807) is 6.20 Å². The van der Waals surface area contributed by atoms with Gasteiger partial charge in [0, 0.05) is 38.6 Å². The Morgan fingerprint density at radius 2 is 2.14 bits per heavy atom. The molecule has 0 atom stereocenters. The molecule has 0 saturated heterocycles. The summed E-state index contributed by atoms with van der Waals surface area (Å²) in [5.41, 5.74) is 3.54. The highest BCUT2D eigenvalue weighted by Crippen LogP contribution is 2.31. The van der Waals surface area contributed by atoms with Crippen LogP contribution in [0.25, 0.3) is 0 Å². The summed E-state index contributed by atoms with van der Waals surface area (Å²) in [7, 11) is 2.08. The normalized spacial score (nSPS) is 14.2. The lowest BCUT2D eigenvalue weighted by molar-refractivity contribution is 0.685. The van der Waals surface area contributed by atoms with Crippen molar-refractivity contribution >= 4 is 17.3 Å². The molecule has 1 aliphatic rings. The predicted octanol–water partition coefficient (Wildman–Crippen LogP) is 3.62. The molecule has 0 unspecified atom stereocenters. The molecule has 0 amide bonds. The Balaban J connectivity index is 1.78. The fourth-order valence-electron chi connectivity index (χ4n) is 2.52. The first-order valence-electron chi connectivity index (χ1n) is 7.35. The van der Waals surface area contributed by atoms with Gasteiger partial charge in [-0.3, -0.25) is 4.98 Å². The highest BCUT2D eigenvalue weighted by Gasteiger charge is 2.21. The molecule has 0 spiro atoms. The van der Waals surface area contributed by atoms with Gasteiger partial charge in [0.25, 0.3) is 0 Å². The van der Waals surface area contributed by atoms with E-state index in [0.29, 0.717) is 6.04 Å². The molecule has 1 fully saturated rings. The minimum absolute atomic E-state index is 0.695. The summed E-state index contributed by atoms with van der Waals surface area (Å²) >= 11 is 6.44. The van der Waals surface area contributed by atoms with Crippen LogP contribution < -0.4 is 10.2 Å². The molecule has 3 nitrogen and oxygen atoms in total. The fourth-order valence-corrected chi connectivity index (χ4v) is 2.85. The van der Waals surface area contributed by atoms with Gasteiger partial charge in [0.05, 0.1) is 10.7 Å². The summed E-state index contributed by atoms with van der Waals surface area (Å²) < 4.78 is 0. The first kappa shape index (κ1) is 14.4. The van der Waals surface area contributed by atoms with Gasteiger partial charge in [0.2, 0.25) is 0 Å². The second kappa shape index (κ2) is 6.46. The van der Waals surface area contributed by atoms with Gasteiger partial charge in [-0.2, -0.15) is 0 Å². The smallest absolute Gasteiger partial charge is 0.0642 e. The minimum Gasteiger partial charge on any atom is -0.369 e. The number of pyridine rings is 1. The van der Waals surface area contributed by atoms with E-state index >= 15 is 0 Å². The zero-order chi connectivity index (χ0) is 14.7. The van der Waals surface area contributed by atoms with Crippen molar-refractivity contribution in [3.63, 3.8) is 0 Å². The molecule has 1 aromatic heterocycles. The average molecular weight is 302 g/mol. The second-order valence-corrected chi connectivity index (χ2v) is 6.03. The lowest BCUT2D eigenvalue weighted by Gasteiger charge is -2.24. The second-order valence-electron chi connectivity index (χ2n) is 5.62. The van der Waals surface area contributed by atoms with E-state index < -0.39 is 0 Å². The Labute approximate surface area is 131 Å². The van der Waals surface area contributed by atoms with Crippen LogP contribution in [-0.2, 0) is 13.1 Å². The van der Waals surface area contributed by atoms with E-state index in [-0.39, 0.29) is 0 Å². The van der Waals surface area contributed by atoms with Crippen molar-refractivity contribution in [3.8, 4) is 0 Å². The first-order valence-corrected chi connectivity index (χ1v) is 7.72. The summed E-state index contributed by atoms with van der Waals surface area (Å²) in [6, 6.07) is 10.9. The Morgan fingerprint density at radius 1 is 1.29 bits per heavy atom. The summed E-state index contributed by atoms with van der Waals surface area (Å²) in [6.45, 7) is 1.67. The van der Waals surface area contributed by atoms with Crippen LogP contribution in [0.15, 0.2) is 42.7 Å². The number of benzene rings is 1. The Bertz CT molecular complexity index is 596. The van der Waals surface area contributed by atoms with Crippen molar-refractivity contribution in [1.82, 2.24) is 10.3 Å². The summed E-state index contributed by atoms with van der Waals surface area (Å²) in [5, 5.41) is 4.36. The third kappa shape index (κ3) is 3.74. The number of aromatic nitrogens is 1. The molecule has 0 radical (unpaired) electrons. The lowest BCUT2D eigenvalue weighted by Crippen LogP contribution is -2.22. The van der Waals surface area contributed by atoms with E-state index in [9.17, 15) is 0 Å².